The lowest BCUT2D eigenvalue weighted by Gasteiger charge is -2.16. The van der Waals surface area contributed by atoms with Crippen LogP contribution in [0.4, 0.5) is 0 Å². The van der Waals surface area contributed by atoms with Gasteiger partial charge in [0, 0.05) is 17.8 Å². The third-order valence-electron chi connectivity index (χ3n) is 6.15. The van der Waals surface area contributed by atoms with Crippen molar-refractivity contribution in [2.45, 2.75) is 17.8 Å². The number of benzene rings is 3. The number of hydrogen-bond acceptors (Lipinski definition) is 0. The summed E-state index contributed by atoms with van der Waals surface area (Å²) in [4.78, 5) is 0. The zero-order valence-corrected chi connectivity index (χ0v) is 12.2. The topological polar surface area (TPSA) is 0 Å². The van der Waals surface area contributed by atoms with Gasteiger partial charge >= 0.3 is 0 Å². The smallest absolute Gasteiger partial charge is 0.0142 e. The third kappa shape index (κ3) is 1.10. The van der Waals surface area contributed by atoms with Gasteiger partial charge in [0.2, 0.25) is 0 Å². The first-order valence-corrected chi connectivity index (χ1v) is 8.21. The highest BCUT2D eigenvalue weighted by Crippen LogP contribution is 2.68. The summed E-state index contributed by atoms with van der Waals surface area (Å²) in [7, 11) is 0. The van der Waals surface area contributed by atoms with Crippen molar-refractivity contribution in [2.75, 3.05) is 0 Å². The van der Waals surface area contributed by atoms with E-state index in [-0.39, 0.29) is 0 Å². The standard InChI is InChI=1S/C22H16/c1-2-8-14-13(7-1)19-15-9-3-4-10-16(15)21-18-12-6-5-11-17(18)20(14)22(19)21/h1-12,19-22H. The van der Waals surface area contributed by atoms with Gasteiger partial charge in [-0.15, -0.1) is 0 Å². The molecule has 22 heavy (non-hydrogen) atoms. The van der Waals surface area contributed by atoms with Crippen molar-refractivity contribution in [3.8, 4) is 0 Å². The Balaban J connectivity index is 1.77. The molecule has 0 fully saturated rings. The Hall–Kier alpha value is -2.34. The van der Waals surface area contributed by atoms with Gasteiger partial charge in [-0.1, -0.05) is 72.8 Å². The SMILES string of the molecule is c1ccc2c(c1)C1c3ccccc3C3c4ccccc4C2C13. The van der Waals surface area contributed by atoms with Gasteiger partial charge < -0.3 is 0 Å². The Morgan fingerprint density at radius 3 is 0.818 bits per heavy atom. The van der Waals surface area contributed by atoms with E-state index < -0.39 is 0 Å². The fourth-order valence-electron chi connectivity index (χ4n) is 5.56. The molecule has 3 aromatic carbocycles. The van der Waals surface area contributed by atoms with Crippen molar-refractivity contribution in [1.82, 2.24) is 0 Å². The molecule has 6 rings (SSSR count). The van der Waals surface area contributed by atoms with E-state index in [0.29, 0.717) is 23.7 Å². The fraction of sp³-hybridized carbons (Fsp3) is 0.182. The Morgan fingerprint density at radius 1 is 0.364 bits per heavy atom. The second-order valence-corrected chi connectivity index (χ2v) is 6.90. The van der Waals surface area contributed by atoms with Crippen LogP contribution < -0.4 is 0 Å². The van der Waals surface area contributed by atoms with Gasteiger partial charge in [-0.05, 0) is 39.3 Å². The minimum absolute atomic E-state index is 0.592. The monoisotopic (exact) mass is 280 g/mol. The average molecular weight is 280 g/mol. The van der Waals surface area contributed by atoms with Crippen molar-refractivity contribution in [1.29, 1.82) is 0 Å². The molecule has 0 N–H and O–H groups in total. The Labute approximate surface area is 130 Å². The summed E-state index contributed by atoms with van der Waals surface area (Å²) >= 11 is 0. The molecule has 0 spiro atoms. The zero-order chi connectivity index (χ0) is 14.3. The minimum atomic E-state index is 0.592. The summed E-state index contributed by atoms with van der Waals surface area (Å²) in [6, 6.07) is 27.4. The van der Waals surface area contributed by atoms with Crippen molar-refractivity contribution >= 4 is 0 Å². The molecule has 3 aliphatic carbocycles. The van der Waals surface area contributed by atoms with E-state index in [1.807, 2.05) is 0 Å². The van der Waals surface area contributed by atoms with E-state index in [1.165, 1.54) is 0 Å². The van der Waals surface area contributed by atoms with Crippen molar-refractivity contribution in [2.24, 2.45) is 5.92 Å². The Bertz CT molecular complexity index is 729. The van der Waals surface area contributed by atoms with Gasteiger partial charge in [-0.3, -0.25) is 0 Å². The first kappa shape index (κ1) is 11.3. The molecule has 3 aliphatic rings. The fourth-order valence-corrected chi connectivity index (χ4v) is 5.56. The summed E-state index contributed by atoms with van der Waals surface area (Å²) in [6.07, 6.45) is 0. The van der Waals surface area contributed by atoms with Crippen LogP contribution in [-0.4, -0.2) is 0 Å². The van der Waals surface area contributed by atoms with Crippen LogP contribution in [-0.2, 0) is 0 Å². The molecule has 0 heterocycles. The van der Waals surface area contributed by atoms with Crippen LogP contribution in [0.3, 0.4) is 0 Å². The Morgan fingerprint density at radius 2 is 0.591 bits per heavy atom. The summed E-state index contributed by atoms with van der Waals surface area (Å²) in [6.45, 7) is 0. The Kier molecular flexibility index (Phi) is 1.89. The normalized spacial score (nSPS) is 28.9. The predicted molar refractivity (Wildman–Crippen MR) is 88.3 cm³/mol. The van der Waals surface area contributed by atoms with Gasteiger partial charge in [0.05, 0.1) is 0 Å². The lowest BCUT2D eigenvalue weighted by atomic mass is 9.86. The molecule has 3 aromatic rings. The molecule has 0 radical (unpaired) electrons. The van der Waals surface area contributed by atoms with Gasteiger partial charge in [-0.25, -0.2) is 0 Å². The van der Waals surface area contributed by atoms with E-state index in [9.17, 15) is 0 Å². The molecular weight excluding hydrogens is 264 g/mol. The largest absolute Gasteiger partial charge is 0.0620 e. The van der Waals surface area contributed by atoms with Crippen LogP contribution in [0.2, 0.25) is 0 Å². The highest BCUT2D eigenvalue weighted by molar-refractivity contribution is 5.65. The summed E-state index contributed by atoms with van der Waals surface area (Å²) in [5.41, 5.74) is 9.43. The zero-order valence-electron chi connectivity index (χ0n) is 12.2. The van der Waals surface area contributed by atoms with E-state index in [0.717, 1.165) is 0 Å². The van der Waals surface area contributed by atoms with E-state index >= 15 is 0 Å². The lowest BCUT2D eigenvalue weighted by Crippen LogP contribution is -2.07. The molecule has 0 heteroatoms. The predicted octanol–water partition coefficient (Wildman–Crippen LogP) is 5.04. The van der Waals surface area contributed by atoms with Crippen LogP contribution in [0.1, 0.15) is 51.1 Å². The molecule has 0 aliphatic heterocycles. The highest BCUT2D eigenvalue weighted by Gasteiger charge is 2.56. The minimum Gasteiger partial charge on any atom is -0.0620 e. The average Bonchev–Trinajstić information content (AvgIpc) is 3.19. The van der Waals surface area contributed by atoms with Gasteiger partial charge in [0.25, 0.3) is 0 Å². The highest BCUT2D eigenvalue weighted by atomic mass is 14.6. The maximum absolute atomic E-state index is 2.36. The van der Waals surface area contributed by atoms with E-state index in [4.69, 9.17) is 0 Å². The molecule has 0 saturated heterocycles. The molecule has 104 valence electrons. The second-order valence-electron chi connectivity index (χ2n) is 6.90. The maximum atomic E-state index is 2.36. The first-order chi connectivity index (χ1) is 10.9. The van der Waals surface area contributed by atoms with Gasteiger partial charge in [0.1, 0.15) is 0 Å². The number of hydrogen-bond donors (Lipinski definition) is 0. The second kappa shape index (κ2) is 3.70. The molecule has 0 saturated carbocycles. The van der Waals surface area contributed by atoms with Gasteiger partial charge in [-0.2, -0.15) is 0 Å². The quantitative estimate of drug-likeness (QED) is 0.541. The van der Waals surface area contributed by atoms with Crippen molar-refractivity contribution in [3.63, 3.8) is 0 Å². The van der Waals surface area contributed by atoms with Crippen molar-refractivity contribution < 1.29 is 0 Å². The van der Waals surface area contributed by atoms with Crippen LogP contribution >= 0.6 is 0 Å². The first-order valence-electron chi connectivity index (χ1n) is 8.21. The van der Waals surface area contributed by atoms with E-state index in [1.54, 1.807) is 33.4 Å². The van der Waals surface area contributed by atoms with Crippen LogP contribution in [0.5, 0.6) is 0 Å². The lowest BCUT2D eigenvalue weighted by molar-refractivity contribution is 0.486. The molecule has 0 atom stereocenters. The molecule has 0 unspecified atom stereocenters. The molecule has 0 amide bonds. The summed E-state index contributed by atoms with van der Waals surface area (Å²) in [5.74, 6) is 2.48. The molecule has 0 aromatic heterocycles. The molecule has 0 bridgehead atoms. The molecule has 0 nitrogen and oxygen atoms in total. The van der Waals surface area contributed by atoms with Crippen LogP contribution in [0.25, 0.3) is 0 Å². The number of rotatable bonds is 0. The summed E-state index contributed by atoms with van der Waals surface area (Å²) in [5, 5.41) is 0. The van der Waals surface area contributed by atoms with Gasteiger partial charge in [0.15, 0.2) is 0 Å². The maximum Gasteiger partial charge on any atom is 0.0142 e. The summed E-state index contributed by atoms with van der Waals surface area (Å²) < 4.78 is 0. The van der Waals surface area contributed by atoms with E-state index in [2.05, 4.69) is 72.8 Å². The molecular formula is C22H16. The third-order valence-corrected chi connectivity index (χ3v) is 6.15. The number of fused-ring (bicyclic) bond motifs is 9. The van der Waals surface area contributed by atoms with Crippen molar-refractivity contribution in [3.05, 3.63) is 106 Å². The van der Waals surface area contributed by atoms with Crippen LogP contribution in [0, 0.1) is 5.92 Å². The van der Waals surface area contributed by atoms with Crippen LogP contribution in [0.15, 0.2) is 72.8 Å².